The lowest BCUT2D eigenvalue weighted by molar-refractivity contribution is -0.120. The molecule has 126 valence electrons. The normalized spacial score (nSPS) is 11.5. The van der Waals surface area contributed by atoms with Crippen molar-refractivity contribution in [1.29, 1.82) is 0 Å². The molecule has 2 rings (SSSR count). The molecule has 0 spiro atoms. The summed E-state index contributed by atoms with van der Waals surface area (Å²) in [5.74, 6) is 0.586. The van der Waals surface area contributed by atoms with Gasteiger partial charge in [0.2, 0.25) is 5.91 Å². The Morgan fingerprint density at radius 2 is 1.83 bits per heavy atom. The van der Waals surface area contributed by atoms with Gasteiger partial charge in [-0.15, -0.1) is 11.8 Å². The molecule has 0 aliphatic rings. The highest BCUT2D eigenvalue weighted by atomic mass is 32.2. The van der Waals surface area contributed by atoms with Crippen LogP contribution in [0.4, 0.5) is 0 Å². The molecule has 6 heteroatoms. The topological polar surface area (TPSA) is 71.1 Å². The van der Waals surface area contributed by atoms with E-state index in [0.717, 1.165) is 5.75 Å². The summed E-state index contributed by atoms with van der Waals surface area (Å²) in [6, 6.07) is 13.5. The number of aromatic nitrogens is 1. The maximum Gasteiger partial charge on any atom is 0.252 e. The molecule has 2 amide bonds. The van der Waals surface area contributed by atoms with Crippen LogP contribution in [0.15, 0.2) is 54.9 Å². The first-order chi connectivity index (χ1) is 11.7. The zero-order valence-corrected chi connectivity index (χ0v) is 14.4. The number of thioether (sulfide) groups is 1. The molecular formula is C18H21N3O2S. The predicted molar refractivity (Wildman–Crippen MR) is 96.8 cm³/mol. The third-order valence-electron chi connectivity index (χ3n) is 3.35. The summed E-state index contributed by atoms with van der Waals surface area (Å²) in [6.45, 7) is 2.67. The van der Waals surface area contributed by atoms with Crippen molar-refractivity contribution in [3.8, 4) is 0 Å². The molecule has 1 heterocycles. The number of benzene rings is 1. The van der Waals surface area contributed by atoms with E-state index in [4.69, 9.17) is 0 Å². The summed E-state index contributed by atoms with van der Waals surface area (Å²) >= 11 is 1.59. The fourth-order valence-corrected chi connectivity index (χ4v) is 2.85. The van der Waals surface area contributed by atoms with Crippen LogP contribution in [0, 0.1) is 0 Å². The highest BCUT2D eigenvalue weighted by Crippen LogP contribution is 2.17. The molecule has 1 atom stereocenters. The van der Waals surface area contributed by atoms with Crippen LogP contribution in [0.2, 0.25) is 0 Å². The molecule has 0 fully saturated rings. The van der Waals surface area contributed by atoms with Gasteiger partial charge in [0.05, 0.1) is 10.8 Å². The average molecular weight is 343 g/mol. The second-order valence-electron chi connectivity index (χ2n) is 5.23. The summed E-state index contributed by atoms with van der Waals surface area (Å²) in [4.78, 5) is 27.7. The molecular weight excluding hydrogens is 322 g/mol. The smallest absolute Gasteiger partial charge is 0.252 e. The molecule has 24 heavy (non-hydrogen) atoms. The van der Waals surface area contributed by atoms with Crippen molar-refractivity contribution in [2.24, 2.45) is 0 Å². The Morgan fingerprint density at radius 3 is 2.54 bits per heavy atom. The third kappa shape index (κ3) is 6.04. The van der Waals surface area contributed by atoms with Crippen LogP contribution in [0.3, 0.4) is 0 Å². The Kier molecular flexibility index (Phi) is 7.29. The summed E-state index contributed by atoms with van der Waals surface area (Å²) in [6.07, 6.45) is 3.13. The standard InChI is InChI=1S/C18H21N3O2S/c1-14(24-13-15-6-3-2-4-7-15)17(22)20-10-11-21-18(23)16-8-5-9-19-12-16/h2-9,12,14H,10-11,13H2,1H3,(H,20,22)(H,21,23). The van der Waals surface area contributed by atoms with Gasteiger partial charge >= 0.3 is 0 Å². The van der Waals surface area contributed by atoms with E-state index in [1.165, 1.54) is 11.8 Å². The van der Waals surface area contributed by atoms with Gasteiger partial charge in [-0.1, -0.05) is 30.3 Å². The van der Waals surface area contributed by atoms with Gasteiger partial charge in [-0.2, -0.15) is 0 Å². The van der Waals surface area contributed by atoms with E-state index in [2.05, 4.69) is 15.6 Å². The number of carbonyl (C=O) groups excluding carboxylic acids is 2. The lowest BCUT2D eigenvalue weighted by Crippen LogP contribution is -2.37. The van der Waals surface area contributed by atoms with Gasteiger partial charge < -0.3 is 10.6 Å². The summed E-state index contributed by atoms with van der Waals surface area (Å²) < 4.78 is 0. The minimum Gasteiger partial charge on any atom is -0.353 e. The number of nitrogens with zero attached hydrogens (tertiary/aromatic N) is 1. The molecule has 0 aliphatic carbocycles. The molecule has 2 N–H and O–H groups in total. The third-order valence-corrected chi connectivity index (χ3v) is 4.56. The number of hydrogen-bond acceptors (Lipinski definition) is 4. The first-order valence-electron chi connectivity index (χ1n) is 7.78. The number of hydrogen-bond donors (Lipinski definition) is 2. The zero-order chi connectivity index (χ0) is 17.2. The van der Waals surface area contributed by atoms with E-state index < -0.39 is 0 Å². The van der Waals surface area contributed by atoms with Crippen LogP contribution in [-0.2, 0) is 10.5 Å². The van der Waals surface area contributed by atoms with Gasteiger partial charge in [0.1, 0.15) is 0 Å². The Balaban J connectivity index is 1.63. The van der Waals surface area contributed by atoms with Crippen LogP contribution < -0.4 is 10.6 Å². The molecule has 0 bridgehead atoms. The molecule has 1 aromatic carbocycles. The lowest BCUT2D eigenvalue weighted by Gasteiger charge is -2.12. The van der Waals surface area contributed by atoms with Crippen LogP contribution in [0.25, 0.3) is 0 Å². The van der Waals surface area contributed by atoms with Gasteiger partial charge in [-0.25, -0.2) is 0 Å². The minimum atomic E-state index is -0.191. The van der Waals surface area contributed by atoms with E-state index in [9.17, 15) is 9.59 Å². The molecule has 5 nitrogen and oxygen atoms in total. The predicted octanol–water partition coefficient (Wildman–Crippen LogP) is 2.25. The average Bonchev–Trinajstić information content (AvgIpc) is 2.64. The molecule has 2 aromatic rings. The molecule has 1 unspecified atom stereocenters. The number of amides is 2. The Morgan fingerprint density at radius 1 is 1.08 bits per heavy atom. The largest absolute Gasteiger partial charge is 0.353 e. The Labute approximate surface area is 146 Å². The maximum absolute atomic E-state index is 12.0. The van der Waals surface area contributed by atoms with E-state index in [1.807, 2.05) is 37.3 Å². The first kappa shape index (κ1) is 18.0. The highest BCUT2D eigenvalue weighted by Gasteiger charge is 2.13. The van der Waals surface area contributed by atoms with E-state index in [-0.39, 0.29) is 17.1 Å². The second kappa shape index (κ2) is 9.72. The van der Waals surface area contributed by atoms with Crippen molar-refractivity contribution in [3.05, 3.63) is 66.0 Å². The number of nitrogens with one attached hydrogen (secondary N) is 2. The molecule has 0 aliphatic heterocycles. The summed E-state index contributed by atoms with van der Waals surface area (Å²) in [7, 11) is 0. The minimum absolute atomic E-state index is 0.0217. The van der Waals surface area contributed by atoms with Gasteiger partial charge in [0.15, 0.2) is 0 Å². The molecule has 1 aromatic heterocycles. The van der Waals surface area contributed by atoms with Crippen LogP contribution >= 0.6 is 11.8 Å². The summed E-state index contributed by atoms with van der Waals surface area (Å²) in [5, 5.41) is 5.45. The Hall–Kier alpha value is -2.34. The SMILES string of the molecule is CC(SCc1ccccc1)C(=O)NCCNC(=O)c1cccnc1. The van der Waals surface area contributed by atoms with Gasteiger partial charge in [0.25, 0.3) is 5.91 Å². The lowest BCUT2D eigenvalue weighted by atomic mass is 10.2. The zero-order valence-electron chi connectivity index (χ0n) is 13.6. The maximum atomic E-state index is 12.0. The second-order valence-corrected chi connectivity index (χ2v) is 6.56. The van der Waals surface area contributed by atoms with Crippen molar-refractivity contribution in [3.63, 3.8) is 0 Å². The first-order valence-corrected chi connectivity index (χ1v) is 8.83. The molecule has 0 saturated heterocycles. The highest BCUT2D eigenvalue weighted by molar-refractivity contribution is 7.99. The van der Waals surface area contributed by atoms with Crippen molar-refractivity contribution < 1.29 is 9.59 Å². The fourth-order valence-electron chi connectivity index (χ4n) is 1.98. The van der Waals surface area contributed by atoms with Crippen LogP contribution in [0.5, 0.6) is 0 Å². The van der Waals surface area contributed by atoms with Crippen LogP contribution in [0.1, 0.15) is 22.8 Å². The Bertz CT molecular complexity index is 650. The van der Waals surface area contributed by atoms with Crippen molar-refractivity contribution in [2.75, 3.05) is 13.1 Å². The van der Waals surface area contributed by atoms with Crippen molar-refractivity contribution >= 4 is 23.6 Å². The summed E-state index contributed by atoms with van der Waals surface area (Å²) in [5.41, 5.74) is 1.71. The quantitative estimate of drug-likeness (QED) is 0.721. The van der Waals surface area contributed by atoms with Gasteiger partial charge in [-0.3, -0.25) is 14.6 Å². The number of rotatable bonds is 8. The van der Waals surface area contributed by atoms with Crippen molar-refractivity contribution in [2.45, 2.75) is 17.9 Å². The van der Waals surface area contributed by atoms with E-state index >= 15 is 0 Å². The van der Waals surface area contributed by atoms with Crippen LogP contribution in [-0.4, -0.2) is 35.1 Å². The van der Waals surface area contributed by atoms with E-state index in [0.29, 0.717) is 18.7 Å². The fraction of sp³-hybridized carbons (Fsp3) is 0.278. The van der Waals surface area contributed by atoms with E-state index in [1.54, 1.807) is 30.1 Å². The molecule has 0 saturated carbocycles. The van der Waals surface area contributed by atoms with Crippen molar-refractivity contribution in [1.82, 2.24) is 15.6 Å². The number of carbonyl (C=O) groups is 2. The molecule has 0 radical (unpaired) electrons. The number of pyridine rings is 1. The van der Waals surface area contributed by atoms with Gasteiger partial charge in [-0.05, 0) is 24.6 Å². The van der Waals surface area contributed by atoms with Gasteiger partial charge in [0, 0.05) is 31.2 Å². The monoisotopic (exact) mass is 343 g/mol.